The zero-order valence-electron chi connectivity index (χ0n) is 13.6. The minimum absolute atomic E-state index is 0.0171. The average molecular weight is 342 g/mol. The molecule has 2 aromatic rings. The van der Waals surface area contributed by atoms with E-state index in [-0.39, 0.29) is 11.8 Å². The van der Waals surface area contributed by atoms with Crippen LogP contribution < -0.4 is 4.72 Å². The number of allylic oxidation sites excluding steroid dienone is 2. The van der Waals surface area contributed by atoms with E-state index in [1.807, 2.05) is 18.2 Å². The number of para-hydroxylation sites is 1. The molecule has 1 unspecified atom stereocenters. The third kappa shape index (κ3) is 3.18. The van der Waals surface area contributed by atoms with Crippen LogP contribution in [0, 0.1) is 11.8 Å². The van der Waals surface area contributed by atoms with Crippen molar-refractivity contribution in [2.45, 2.75) is 43.4 Å². The molecule has 24 heavy (non-hydrogen) atoms. The van der Waals surface area contributed by atoms with Crippen LogP contribution in [0.25, 0.3) is 10.9 Å². The van der Waals surface area contributed by atoms with E-state index in [0.717, 1.165) is 36.6 Å². The molecule has 1 aliphatic carbocycles. The van der Waals surface area contributed by atoms with Gasteiger partial charge in [0.05, 0.1) is 10.4 Å². The quantitative estimate of drug-likeness (QED) is 0.718. The highest BCUT2D eigenvalue weighted by Crippen LogP contribution is 2.40. The van der Waals surface area contributed by atoms with Gasteiger partial charge in [-0.05, 0) is 50.2 Å². The molecule has 1 saturated carbocycles. The Morgan fingerprint density at radius 1 is 1.17 bits per heavy atom. The predicted octanol–water partition coefficient (Wildman–Crippen LogP) is 3.62. The molecule has 4 nitrogen and oxygen atoms in total. The van der Waals surface area contributed by atoms with E-state index in [9.17, 15) is 9.00 Å². The molecule has 1 aromatic carbocycles. The highest BCUT2D eigenvalue weighted by molar-refractivity contribution is 7.83. The summed E-state index contributed by atoms with van der Waals surface area (Å²) in [4.78, 5) is 16.4. The minimum Gasteiger partial charge on any atom is -0.357 e. The lowest BCUT2D eigenvalue weighted by Gasteiger charge is -2.06. The van der Waals surface area contributed by atoms with Crippen LogP contribution in [-0.2, 0) is 22.2 Å². The van der Waals surface area contributed by atoms with Gasteiger partial charge in [0.15, 0.2) is 11.0 Å². The zero-order valence-corrected chi connectivity index (χ0v) is 14.4. The Morgan fingerprint density at radius 2 is 2.08 bits per heavy atom. The molecule has 1 aliphatic heterocycles. The molecule has 3 atom stereocenters. The Balaban J connectivity index is 1.64. The summed E-state index contributed by atoms with van der Waals surface area (Å²) in [6, 6.07) is 7.88. The highest BCUT2D eigenvalue weighted by atomic mass is 32.2. The van der Waals surface area contributed by atoms with E-state index >= 15 is 0 Å². The Labute approximate surface area is 144 Å². The van der Waals surface area contributed by atoms with Crippen LogP contribution in [0.1, 0.15) is 37.8 Å². The van der Waals surface area contributed by atoms with Gasteiger partial charge in [-0.3, -0.25) is 9.52 Å². The number of fused-ring (bicyclic) bond motifs is 2. The summed E-state index contributed by atoms with van der Waals surface area (Å²) in [5.74, 6) is 0.207. The largest absolute Gasteiger partial charge is 0.357 e. The van der Waals surface area contributed by atoms with E-state index in [4.69, 9.17) is 0 Å². The molecular weight excluding hydrogens is 320 g/mol. The van der Waals surface area contributed by atoms with Crippen molar-refractivity contribution in [2.24, 2.45) is 11.8 Å². The summed E-state index contributed by atoms with van der Waals surface area (Å²) in [5, 5.41) is 1.06. The van der Waals surface area contributed by atoms with Crippen molar-refractivity contribution in [3.8, 4) is 0 Å². The number of H-pyrrole nitrogens is 1. The number of amides is 1. The van der Waals surface area contributed by atoms with Crippen molar-refractivity contribution in [2.75, 3.05) is 0 Å². The van der Waals surface area contributed by atoms with Crippen LogP contribution in [0.4, 0.5) is 0 Å². The molecule has 1 fully saturated rings. The number of rotatable bonds is 0. The molecule has 2 bridgehead atoms. The van der Waals surface area contributed by atoms with E-state index in [0.29, 0.717) is 10.8 Å². The van der Waals surface area contributed by atoms with Gasteiger partial charge in [0, 0.05) is 17.0 Å². The number of aromatic nitrogens is 1. The van der Waals surface area contributed by atoms with Gasteiger partial charge in [0.25, 0.3) is 0 Å². The number of benzene rings is 1. The second kappa shape index (κ2) is 6.55. The highest BCUT2D eigenvalue weighted by Gasteiger charge is 2.41. The molecule has 0 radical (unpaired) electrons. The molecule has 0 saturated heterocycles. The number of aromatic amines is 1. The molecule has 0 spiro atoms. The van der Waals surface area contributed by atoms with Crippen LogP contribution in [0.2, 0.25) is 0 Å². The van der Waals surface area contributed by atoms with Gasteiger partial charge in [-0.1, -0.05) is 30.7 Å². The van der Waals surface area contributed by atoms with Gasteiger partial charge in [-0.15, -0.1) is 0 Å². The molecule has 1 amide bonds. The number of hydrogen-bond donors (Lipinski definition) is 2. The standard InChI is InChI=1S/C19H22N2O2S/c22-19-16-12-13(16)7-4-2-1-3-5-9-15-11-14-8-6-10-17(18(14)20-15)24(23)21-19/h4,6-8,10-11,13,16,20H,1-3,5,9,12H2,(H,21,22)/b7-4-/t13-,16+,24?/m1/s1. The van der Waals surface area contributed by atoms with Crippen molar-refractivity contribution in [3.05, 3.63) is 42.1 Å². The zero-order chi connectivity index (χ0) is 16.5. The fourth-order valence-corrected chi connectivity index (χ4v) is 4.45. The van der Waals surface area contributed by atoms with Crippen molar-refractivity contribution in [1.82, 2.24) is 9.71 Å². The lowest BCUT2D eigenvalue weighted by molar-refractivity contribution is -0.120. The first kappa shape index (κ1) is 15.6. The summed E-state index contributed by atoms with van der Waals surface area (Å²) in [5.41, 5.74) is 2.05. The molecule has 1 aromatic heterocycles. The summed E-state index contributed by atoms with van der Waals surface area (Å²) in [6.07, 6.45) is 10.9. The third-order valence-corrected chi connectivity index (χ3v) is 6.07. The van der Waals surface area contributed by atoms with Gasteiger partial charge in [-0.25, -0.2) is 4.21 Å². The summed E-state index contributed by atoms with van der Waals surface area (Å²) in [6.45, 7) is 0. The number of carbonyl (C=O) groups excluding carboxylic acids is 1. The van der Waals surface area contributed by atoms with Crippen LogP contribution >= 0.6 is 0 Å². The summed E-state index contributed by atoms with van der Waals surface area (Å²) in [7, 11) is -1.52. The molecule has 126 valence electrons. The summed E-state index contributed by atoms with van der Waals surface area (Å²) >= 11 is 0. The first-order chi connectivity index (χ1) is 11.7. The first-order valence-electron chi connectivity index (χ1n) is 8.72. The second-order valence-electron chi connectivity index (χ2n) is 6.78. The van der Waals surface area contributed by atoms with Crippen LogP contribution in [0.15, 0.2) is 41.3 Å². The van der Waals surface area contributed by atoms with Crippen molar-refractivity contribution in [3.63, 3.8) is 0 Å². The smallest absolute Gasteiger partial charge is 0.235 e. The van der Waals surface area contributed by atoms with Crippen LogP contribution in [0.3, 0.4) is 0 Å². The van der Waals surface area contributed by atoms with Gasteiger partial charge in [-0.2, -0.15) is 0 Å². The SMILES string of the molecule is O=C1NS(=O)c2cccc3cc([nH]c23)CCCCC/C=C\[C@@H]2C[C@H]12. The number of aryl methyl sites for hydroxylation is 1. The number of hydrogen-bond acceptors (Lipinski definition) is 2. The average Bonchev–Trinajstić information content (AvgIpc) is 3.22. The van der Waals surface area contributed by atoms with Crippen LogP contribution in [0.5, 0.6) is 0 Å². The molecule has 2 heterocycles. The lowest BCUT2D eigenvalue weighted by Crippen LogP contribution is -2.27. The lowest BCUT2D eigenvalue weighted by atomic mass is 10.1. The molecular formula is C19H22N2O2S. The Kier molecular flexibility index (Phi) is 4.27. The number of nitrogens with one attached hydrogen (secondary N) is 2. The van der Waals surface area contributed by atoms with Gasteiger partial charge < -0.3 is 4.98 Å². The van der Waals surface area contributed by atoms with Gasteiger partial charge >= 0.3 is 0 Å². The van der Waals surface area contributed by atoms with E-state index in [2.05, 4.69) is 27.9 Å². The Bertz CT molecular complexity index is 824. The van der Waals surface area contributed by atoms with Crippen molar-refractivity contribution >= 4 is 27.8 Å². The number of carbonyl (C=O) groups is 1. The van der Waals surface area contributed by atoms with Crippen LogP contribution in [-0.4, -0.2) is 15.1 Å². The first-order valence-corrected chi connectivity index (χ1v) is 9.87. The van der Waals surface area contributed by atoms with E-state index in [1.165, 1.54) is 18.5 Å². The fourth-order valence-electron chi connectivity index (χ4n) is 3.45. The third-order valence-electron chi connectivity index (χ3n) is 4.94. The topological polar surface area (TPSA) is 62.0 Å². The second-order valence-corrected chi connectivity index (χ2v) is 7.96. The van der Waals surface area contributed by atoms with E-state index in [1.54, 1.807) is 0 Å². The normalized spacial score (nSPS) is 29.2. The fraction of sp³-hybridized carbons (Fsp3) is 0.421. The maximum Gasteiger partial charge on any atom is 0.235 e. The Morgan fingerprint density at radius 3 is 3.00 bits per heavy atom. The predicted molar refractivity (Wildman–Crippen MR) is 95.8 cm³/mol. The maximum atomic E-state index is 12.6. The van der Waals surface area contributed by atoms with Gasteiger partial charge in [0.1, 0.15) is 0 Å². The molecule has 5 heteroatoms. The van der Waals surface area contributed by atoms with Gasteiger partial charge in [0.2, 0.25) is 5.91 Å². The minimum atomic E-state index is -1.52. The van der Waals surface area contributed by atoms with E-state index < -0.39 is 11.0 Å². The maximum absolute atomic E-state index is 12.6. The molecule has 2 aliphatic rings. The van der Waals surface area contributed by atoms with Crippen molar-refractivity contribution < 1.29 is 9.00 Å². The van der Waals surface area contributed by atoms with Crippen molar-refractivity contribution in [1.29, 1.82) is 0 Å². The monoisotopic (exact) mass is 342 g/mol. The molecule has 4 rings (SSSR count). The summed E-state index contributed by atoms with van der Waals surface area (Å²) < 4.78 is 15.3. The Hall–Kier alpha value is -1.88. The molecule has 2 N–H and O–H groups in total.